The molecule has 0 aliphatic rings. The number of rotatable bonds is 2. The molecule has 1 aromatic rings. The van der Waals surface area contributed by atoms with Gasteiger partial charge in [0.2, 0.25) is 5.78 Å². The molecule has 10 heteroatoms. The Balaban J connectivity index is 3.25. The molecule has 0 unspecified atom stereocenters. The van der Waals surface area contributed by atoms with Gasteiger partial charge in [0, 0.05) is 5.56 Å². The highest BCUT2D eigenvalue weighted by molar-refractivity contribution is 6.31. The normalized spacial score (nSPS) is 13.4. The second-order valence-corrected chi connectivity index (χ2v) is 4.00. The Hall–Kier alpha value is -1.38. The molecule has 0 bridgehead atoms. The Morgan fingerprint density at radius 1 is 0.950 bits per heavy atom. The van der Waals surface area contributed by atoms with Crippen LogP contribution in [0.5, 0.6) is 0 Å². The Labute approximate surface area is 111 Å². The number of hydrogen-bond donors (Lipinski definition) is 0. The molecule has 0 aromatic heterocycles. The van der Waals surface area contributed by atoms with E-state index in [1.54, 1.807) is 0 Å². The predicted octanol–water partition coefficient (Wildman–Crippen LogP) is 4.74. The standard InChI is InChI=1S/C10H3ClF8O/c11-6-3-4(1-2-5(6)9(14,15)16)7(20)8(12,13)10(17,18)19/h1-3H. The maximum atomic E-state index is 12.7. The van der Waals surface area contributed by atoms with Crippen LogP contribution in [0.4, 0.5) is 35.1 Å². The van der Waals surface area contributed by atoms with Crippen LogP contribution in [0.25, 0.3) is 0 Å². The van der Waals surface area contributed by atoms with Crippen molar-refractivity contribution < 1.29 is 39.9 Å². The average Bonchev–Trinajstić information content (AvgIpc) is 2.24. The van der Waals surface area contributed by atoms with Crippen molar-refractivity contribution in [3.63, 3.8) is 0 Å². The van der Waals surface area contributed by atoms with E-state index in [0.29, 0.717) is 0 Å². The Morgan fingerprint density at radius 3 is 1.80 bits per heavy atom. The van der Waals surface area contributed by atoms with Crippen molar-refractivity contribution in [2.24, 2.45) is 0 Å². The second-order valence-electron chi connectivity index (χ2n) is 3.59. The SMILES string of the molecule is O=C(c1ccc(C(F)(F)F)c(Cl)c1)C(F)(F)C(F)(F)F. The molecule has 1 rings (SSSR count). The van der Waals surface area contributed by atoms with Crippen molar-refractivity contribution in [3.8, 4) is 0 Å². The lowest BCUT2D eigenvalue weighted by Gasteiger charge is -2.18. The Bertz CT molecular complexity index is 531. The zero-order valence-corrected chi connectivity index (χ0v) is 9.80. The number of carbonyl (C=O) groups is 1. The highest BCUT2D eigenvalue weighted by Crippen LogP contribution is 2.40. The lowest BCUT2D eigenvalue weighted by molar-refractivity contribution is -0.255. The van der Waals surface area contributed by atoms with E-state index in [-0.39, 0.29) is 18.2 Å². The van der Waals surface area contributed by atoms with Gasteiger partial charge in [-0.3, -0.25) is 4.79 Å². The third kappa shape index (κ3) is 3.02. The lowest BCUT2D eigenvalue weighted by Crippen LogP contribution is -2.44. The fourth-order valence-electron chi connectivity index (χ4n) is 1.20. The minimum atomic E-state index is -6.15. The summed E-state index contributed by atoms with van der Waals surface area (Å²) in [7, 11) is 0. The van der Waals surface area contributed by atoms with Gasteiger partial charge in [0.1, 0.15) is 0 Å². The second kappa shape index (κ2) is 4.87. The van der Waals surface area contributed by atoms with Crippen LogP contribution in [0.2, 0.25) is 5.02 Å². The highest BCUT2D eigenvalue weighted by atomic mass is 35.5. The first-order chi connectivity index (χ1) is 8.78. The summed E-state index contributed by atoms with van der Waals surface area (Å²) in [6.07, 6.45) is -11.1. The molecular weight excluding hydrogens is 324 g/mol. The van der Waals surface area contributed by atoms with Crippen LogP contribution in [0.1, 0.15) is 15.9 Å². The summed E-state index contributed by atoms with van der Waals surface area (Å²) < 4.78 is 98.3. The molecule has 20 heavy (non-hydrogen) atoms. The summed E-state index contributed by atoms with van der Waals surface area (Å²) >= 11 is 5.12. The maximum absolute atomic E-state index is 12.7. The summed E-state index contributed by atoms with van der Waals surface area (Å²) in [6.45, 7) is 0. The minimum Gasteiger partial charge on any atom is -0.287 e. The number of Topliss-reactive ketones (excluding diaryl/α,β-unsaturated/α-hetero) is 1. The molecule has 0 aliphatic heterocycles. The lowest BCUT2D eigenvalue weighted by atomic mass is 10.0. The molecule has 0 radical (unpaired) electrons. The van der Waals surface area contributed by atoms with E-state index in [1.165, 1.54) is 0 Å². The fraction of sp³-hybridized carbons (Fsp3) is 0.300. The average molecular weight is 327 g/mol. The van der Waals surface area contributed by atoms with E-state index in [4.69, 9.17) is 11.6 Å². The van der Waals surface area contributed by atoms with Gasteiger partial charge in [-0.2, -0.15) is 35.1 Å². The summed E-state index contributed by atoms with van der Waals surface area (Å²) in [5.41, 5.74) is -2.73. The Morgan fingerprint density at radius 2 is 1.45 bits per heavy atom. The van der Waals surface area contributed by atoms with Crippen LogP contribution in [-0.4, -0.2) is 17.9 Å². The van der Waals surface area contributed by atoms with E-state index < -0.39 is 40.2 Å². The van der Waals surface area contributed by atoms with Gasteiger partial charge < -0.3 is 0 Å². The number of carbonyl (C=O) groups excluding carboxylic acids is 1. The highest BCUT2D eigenvalue weighted by Gasteiger charge is 2.63. The maximum Gasteiger partial charge on any atom is 0.461 e. The van der Waals surface area contributed by atoms with Gasteiger partial charge in [0.25, 0.3) is 0 Å². The van der Waals surface area contributed by atoms with Gasteiger partial charge >= 0.3 is 18.3 Å². The first-order valence-corrected chi connectivity index (χ1v) is 5.02. The van der Waals surface area contributed by atoms with E-state index >= 15 is 0 Å². The number of ketones is 1. The molecule has 0 amide bonds. The minimum absolute atomic E-state index is 0.117. The smallest absolute Gasteiger partial charge is 0.287 e. The largest absolute Gasteiger partial charge is 0.461 e. The molecule has 0 spiro atoms. The summed E-state index contributed by atoms with van der Waals surface area (Å²) in [6, 6.07) is 0.477. The molecule has 0 heterocycles. The molecule has 0 N–H and O–H groups in total. The number of halogens is 9. The van der Waals surface area contributed by atoms with Crippen LogP contribution in [0, 0.1) is 0 Å². The summed E-state index contributed by atoms with van der Waals surface area (Å²) in [4.78, 5) is 11.0. The number of benzene rings is 1. The molecule has 1 nitrogen and oxygen atoms in total. The molecule has 0 fully saturated rings. The topological polar surface area (TPSA) is 17.1 Å². The van der Waals surface area contributed by atoms with Gasteiger partial charge in [0.15, 0.2) is 0 Å². The van der Waals surface area contributed by atoms with Gasteiger partial charge in [-0.1, -0.05) is 17.7 Å². The van der Waals surface area contributed by atoms with Crippen LogP contribution in [0.3, 0.4) is 0 Å². The zero-order valence-electron chi connectivity index (χ0n) is 9.04. The fourth-order valence-corrected chi connectivity index (χ4v) is 1.48. The van der Waals surface area contributed by atoms with Gasteiger partial charge in [-0.25, -0.2) is 0 Å². The van der Waals surface area contributed by atoms with Crippen molar-refractivity contribution in [1.82, 2.24) is 0 Å². The van der Waals surface area contributed by atoms with Crippen molar-refractivity contribution in [2.45, 2.75) is 18.3 Å². The predicted molar refractivity (Wildman–Crippen MR) is 51.8 cm³/mol. The van der Waals surface area contributed by atoms with Crippen molar-refractivity contribution in [3.05, 3.63) is 34.3 Å². The summed E-state index contributed by atoms with van der Waals surface area (Å²) in [5, 5.41) is -1.15. The third-order valence-electron chi connectivity index (χ3n) is 2.18. The van der Waals surface area contributed by atoms with E-state index in [9.17, 15) is 39.9 Å². The van der Waals surface area contributed by atoms with Gasteiger partial charge in [0.05, 0.1) is 10.6 Å². The molecule has 0 saturated carbocycles. The van der Waals surface area contributed by atoms with Crippen molar-refractivity contribution in [2.75, 3.05) is 0 Å². The first kappa shape index (κ1) is 16.7. The quantitative estimate of drug-likeness (QED) is 0.567. The van der Waals surface area contributed by atoms with Crippen molar-refractivity contribution >= 4 is 17.4 Å². The van der Waals surface area contributed by atoms with Crippen molar-refractivity contribution in [1.29, 1.82) is 0 Å². The molecular formula is C10H3ClF8O. The number of hydrogen-bond acceptors (Lipinski definition) is 1. The van der Waals surface area contributed by atoms with E-state index in [2.05, 4.69) is 0 Å². The van der Waals surface area contributed by atoms with E-state index in [1.807, 2.05) is 0 Å². The van der Waals surface area contributed by atoms with Gasteiger partial charge in [-0.15, -0.1) is 0 Å². The molecule has 0 atom stereocenters. The van der Waals surface area contributed by atoms with Gasteiger partial charge in [-0.05, 0) is 12.1 Å². The monoisotopic (exact) mass is 326 g/mol. The van der Waals surface area contributed by atoms with Crippen LogP contribution >= 0.6 is 11.6 Å². The molecule has 1 aromatic carbocycles. The van der Waals surface area contributed by atoms with E-state index in [0.717, 1.165) is 0 Å². The zero-order chi connectivity index (χ0) is 15.9. The number of alkyl halides is 8. The third-order valence-corrected chi connectivity index (χ3v) is 2.49. The molecule has 112 valence electrons. The summed E-state index contributed by atoms with van der Waals surface area (Å²) in [5.74, 6) is -8.39. The molecule has 0 aliphatic carbocycles. The van der Waals surface area contributed by atoms with Crippen LogP contribution in [0.15, 0.2) is 18.2 Å². The molecule has 0 saturated heterocycles. The Kier molecular flexibility index (Phi) is 4.06. The van der Waals surface area contributed by atoms with Crippen LogP contribution in [-0.2, 0) is 6.18 Å². The first-order valence-electron chi connectivity index (χ1n) is 4.64. The van der Waals surface area contributed by atoms with Crippen LogP contribution < -0.4 is 0 Å².